The van der Waals surface area contributed by atoms with E-state index >= 15 is 0 Å². The quantitative estimate of drug-likeness (QED) is 0.463. The van der Waals surface area contributed by atoms with Crippen LogP contribution in [0.25, 0.3) is 11.3 Å². The van der Waals surface area contributed by atoms with Crippen LogP contribution >= 0.6 is 24.0 Å². The summed E-state index contributed by atoms with van der Waals surface area (Å²) in [6, 6.07) is 15.3. The molecule has 0 aliphatic rings. The molecule has 0 bridgehead atoms. The second-order valence-electron chi connectivity index (χ2n) is 5.12. The molecule has 0 radical (unpaired) electrons. The fourth-order valence-electron chi connectivity index (χ4n) is 2.10. The summed E-state index contributed by atoms with van der Waals surface area (Å²) in [6.07, 6.45) is 0. The molecule has 0 saturated heterocycles. The van der Waals surface area contributed by atoms with E-state index in [4.69, 9.17) is 27.6 Å². The summed E-state index contributed by atoms with van der Waals surface area (Å²) in [7, 11) is 0. The van der Waals surface area contributed by atoms with Crippen molar-refractivity contribution in [2.24, 2.45) is 16.5 Å². The van der Waals surface area contributed by atoms with Crippen LogP contribution in [0.4, 0.5) is 11.4 Å². The molecule has 134 valence electrons. The highest BCUT2D eigenvalue weighted by atomic mass is 35.5. The Morgan fingerprint density at radius 3 is 2.35 bits per heavy atom. The minimum absolute atomic E-state index is 0. The van der Waals surface area contributed by atoms with Crippen LogP contribution in [-0.4, -0.2) is 17.0 Å². The Hall–Kier alpha value is -3.03. The molecule has 3 aromatic rings. The number of rotatable bonds is 4. The molecule has 0 aliphatic heterocycles. The smallest absolute Gasteiger partial charge is 0.277 e. The van der Waals surface area contributed by atoms with Gasteiger partial charge in [0.2, 0.25) is 0 Å². The minimum Gasteiger partial charge on any atom is -0.370 e. The predicted molar refractivity (Wildman–Crippen MR) is 104 cm³/mol. The van der Waals surface area contributed by atoms with E-state index in [1.807, 2.05) is 0 Å². The van der Waals surface area contributed by atoms with Crippen molar-refractivity contribution in [3.8, 4) is 11.3 Å². The Bertz CT molecular complexity index is 917. The highest BCUT2D eigenvalue weighted by Crippen LogP contribution is 2.24. The third kappa shape index (κ3) is 4.75. The van der Waals surface area contributed by atoms with Crippen LogP contribution in [0, 0.1) is 0 Å². The molecule has 0 spiro atoms. The van der Waals surface area contributed by atoms with Crippen molar-refractivity contribution in [3.05, 3.63) is 65.3 Å². The normalized spacial score (nSPS) is 9.88. The van der Waals surface area contributed by atoms with Crippen molar-refractivity contribution in [1.82, 2.24) is 5.16 Å². The number of nitrogens with zero attached hydrogens (tertiary/aromatic N) is 2. The predicted octanol–water partition coefficient (Wildman–Crippen LogP) is 3.57. The first-order chi connectivity index (χ1) is 12.0. The fraction of sp³-hybridized carbons (Fsp3) is 0. The summed E-state index contributed by atoms with van der Waals surface area (Å²) >= 11 is 5.81. The van der Waals surface area contributed by atoms with E-state index in [9.17, 15) is 4.79 Å². The van der Waals surface area contributed by atoms with Gasteiger partial charge in [0.15, 0.2) is 17.4 Å². The van der Waals surface area contributed by atoms with E-state index in [2.05, 4.69) is 15.5 Å². The van der Waals surface area contributed by atoms with Gasteiger partial charge >= 0.3 is 0 Å². The van der Waals surface area contributed by atoms with Gasteiger partial charge in [-0.05, 0) is 48.5 Å². The van der Waals surface area contributed by atoms with Crippen molar-refractivity contribution < 1.29 is 9.32 Å². The molecule has 1 amide bonds. The third-order valence-corrected chi connectivity index (χ3v) is 3.51. The molecular formula is C17H15Cl2N5O2. The molecule has 26 heavy (non-hydrogen) atoms. The Kier molecular flexibility index (Phi) is 6.21. The largest absolute Gasteiger partial charge is 0.370 e. The lowest BCUT2D eigenvalue weighted by Crippen LogP contribution is -2.21. The zero-order valence-electron chi connectivity index (χ0n) is 13.3. The van der Waals surface area contributed by atoms with Crippen LogP contribution in [0.3, 0.4) is 0 Å². The molecule has 1 heterocycles. The second kappa shape index (κ2) is 8.37. The number of benzene rings is 2. The van der Waals surface area contributed by atoms with Crippen LogP contribution in [0.1, 0.15) is 10.5 Å². The molecule has 7 nitrogen and oxygen atoms in total. The maximum Gasteiger partial charge on any atom is 0.277 e. The van der Waals surface area contributed by atoms with Gasteiger partial charge in [0.25, 0.3) is 5.91 Å². The molecule has 0 aliphatic carbocycles. The molecular weight excluding hydrogens is 377 g/mol. The van der Waals surface area contributed by atoms with Crippen LogP contribution in [0.5, 0.6) is 0 Å². The number of carbonyl (C=O) groups excluding carboxylic acids is 1. The number of guanidine groups is 1. The molecule has 1 aromatic heterocycles. The first-order valence-electron chi connectivity index (χ1n) is 7.25. The van der Waals surface area contributed by atoms with Crippen molar-refractivity contribution in [2.45, 2.75) is 0 Å². The van der Waals surface area contributed by atoms with E-state index in [0.29, 0.717) is 22.2 Å². The number of anilines is 1. The van der Waals surface area contributed by atoms with Crippen LogP contribution in [-0.2, 0) is 0 Å². The summed E-state index contributed by atoms with van der Waals surface area (Å²) in [6.45, 7) is 0. The maximum absolute atomic E-state index is 12.2. The average molecular weight is 392 g/mol. The standard InChI is InChI=1S/C17H14ClN5O2.ClH/c18-11-3-7-12(8-4-11)21-16(24)14-9-15(25-23-14)10-1-5-13(6-2-10)22-17(19)20;/h1-9H,(H,21,24)(H4,19,20,22);1H. The fourth-order valence-corrected chi connectivity index (χ4v) is 2.22. The first kappa shape index (κ1) is 19.3. The van der Waals surface area contributed by atoms with Crippen LogP contribution in [0.15, 0.2) is 64.1 Å². The maximum atomic E-state index is 12.2. The van der Waals surface area contributed by atoms with Gasteiger partial charge in [0.1, 0.15) is 0 Å². The van der Waals surface area contributed by atoms with E-state index in [1.165, 1.54) is 0 Å². The van der Waals surface area contributed by atoms with Gasteiger partial charge in [0, 0.05) is 22.3 Å². The number of halogens is 2. The lowest BCUT2D eigenvalue weighted by atomic mass is 10.1. The Labute approximate surface area is 160 Å². The van der Waals surface area contributed by atoms with Crippen molar-refractivity contribution >= 4 is 47.2 Å². The number of aromatic nitrogens is 1. The summed E-state index contributed by atoms with van der Waals surface area (Å²) in [4.78, 5) is 16.1. The molecule has 0 fully saturated rings. The molecule has 0 atom stereocenters. The van der Waals surface area contributed by atoms with Crippen molar-refractivity contribution in [2.75, 3.05) is 5.32 Å². The Morgan fingerprint density at radius 2 is 1.73 bits per heavy atom. The lowest BCUT2D eigenvalue weighted by Gasteiger charge is -2.01. The van der Waals surface area contributed by atoms with Crippen LogP contribution in [0.2, 0.25) is 5.02 Å². The van der Waals surface area contributed by atoms with Gasteiger partial charge in [-0.3, -0.25) is 4.79 Å². The summed E-state index contributed by atoms with van der Waals surface area (Å²) in [5.41, 5.74) is 12.8. The van der Waals surface area contributed by atoms with Gasteiger partial charge in [-0.1, -0.05) is 16.8 Å². The molecule has 5 N–H and O–H groups in total. The van der Waals surface area contributed by atoms with Gasteiger partial charge in [-0.25, -0.2) is 4.99 Å². The van der Waals surface area contributed by atoms with E-state index in [-0.39, 0.29) is 30.0 Å². The SMILES string of the molecule is Cl.NC(N)=Nc1ccc(-c2cc(C(=O)Nc3ccc(Cl)cc3)no2)cc1. The van der Waals surface area contributed by atoms with E-state index in [1.54, 1.807) is 54.6 Å². The van der Waals surface area contributed by atoms with Crippen LogP contribution < -0.4 is 16.8 Å². The summed E-state index contributed by atoms with van der Waals surface area (Å²) in [5.74, 6) is 0.0560. The van der Waals surface area contributed by atoms with Crippen molar-refractivity contribution in [1.29, 1.82) is 0 Å². The summed E-state index contributed by atoms with van der Waals surface area (Å²) in [5, 5.41) is 7.10. The zero-order chi connectivity index (χ0) is 17.8. The molecule has 2 aromatic carbocycles. The monoisotopic (exact) mass is 391 g/mol. The van der Waals surface area contributed by atoms with E-state index in [0.717, 1.165) is 5.56 Å². The number of nitrogens with two attached hydrogens (primary N) is 2. The number of hydrogen-bond acceptors (Lipinski definition) is 4. The molecule has 3 rings (SSSR count). The second-order valence-corrected chi connectivity index (χ2v) is 5.56. The number of hydrogen-bond donors (Lipinski definition) is 3. The highest BCUT2D eigenvalue weighted by Gasteiger charge is 2.14. The van der Waals surface area contributed by atoms with Gasteiger partial charge in [-0.2, -0.15) is 0 Å². The minimum atomic E-state index is -0.380. The average Bonchev–Trinajstić information content (AvgIpc) is 3.07. The van der Waals surface area contributed by atoms with Gasteiger partial charge in [-0.15, -0.1) is 12.4 Å². The van der Waals surface area contributed by atoms with Gasteiger partial charge in [0.05, 0.1) is 5.69 Å². The number of aliphatic imine (C=N–C) groups is 1. The van der Waals surface area contributed by atoms with Gasteiger partial charge < -0.3 is 21.3 Å². The molecule has 0 unspecified atom stereocenters. The number of nitrogens with one attached hydrogen (secondary N) is 1. The highest BCUT2D eigenvalue weighted by molar-refractivity contribution is 6.30. The van der Waals surface area contributed by atoms with E-state index < -0.39 is 0 Å². The topological polar surface area (TPSA) is 120 Å². The first-order valence-corrected chi connectivity index (χ1v) is 7.63. The third-order valence-electron chi connectivity index (χ3n) is 3.25. The number of carbonyl (C=O) groups is 1. The summed E-state index contributed by atoms with van der Waals surface area (Å²) < 4.78 is 5.23. The Morgan fingerprint density at radius 1 is 1.08 bits per heavy atom. The zero-order valence-corrected chi connectivity index (χ0v) is 14.9. The Balaban J connectivity index is 0.00000243. The van der Waals surface area contributed by atoms with Crippen molar-refractivity contribution in [3.63, 3.8) is 0 Å². The lowest BCUT2D eigenvalue weighted by molar-refractivity contribution is 0.101. The molecule has 9 heteroatoms. The number of amides is 1. The molecule has 0 saturated carbocycles.